The van der Waals surface area contributed by atoms with Crippen molar-refractivity contribution in [3.05, 3.63) is 168 Å². The van der Waals surface area contributed by atoms with Crippen molar-refractivity contribution in [3.63, 3.8) is 0 Å². The summed E-state index contributed by atoms with van der Waals surface area (Å²) in [5.74, 6) is 0. The molecule has 6 rings (SSSR count). The summed E-state index contributed by atoms with van der Waals surface area (Å²) in [6, 6.07) is 43.7. The van der Waals surface area contributed by atoms with Gasteiger partial charge in [0.25, 0.3) is 0 Å². The third-order valence-corrected chi connectivity index (χ3v) is 7.76. The Kier molecular flexibility index (Phi) is 6.27. The van der Waals surface area contributed by atoms with E-state index in [0.29, 0.717) is 0 Å². The number of rotatable bonds is 7. The Bertz CT molecular complexity index is 1630. The van der Waals surface area contributed by atoms with Gasteiger partial charge in [0.2, 0.25) is 0 Å². The van der Waals surface area contributed by atoms with Crippen LogP contribution in [0.15, 0.2) is 146 Å². The number of anilines is 2. The number of benzene rings is 5. The molecule has 1 aliphatic rings. The summed E-state index contributed by atoms with van der Waals surface area (Å²) in [5, 5.41) is 3.66. The quantitative estimate of drug-likeness (QED) is 0.224. The highest BCUT2D eigenvalue weighted by molar-refractivity contribution is 5.85. The minimum absolute atomic E-state index is 0.251. The molecule has 0 bridgehead atoms. The van der Waals surface area contributed by atoms with Gasteiger partial charge >= 0.3 is 0 Å². The standard InChI is InChI=1S/C37H31N/c1-3-4-6-15-29-16-9-11-18-34(29)37(2)35-19-12-10-17-32(35)33-25-24-31(26-36(33)37)38-30-22-20-28(21-23-30)27-13-7-5-8-14-27/h3-14,16-26,38H,1,15H2,2H3/b6-4-. The van der Waals surface area contributed by atoms with Gasteiger partial charge in [0.15, 0.2) is 0 Å². The third kappa shape index (κ3) is 4.17. The first kappa shape index (κ1) is 23.8. The topological polar surface area (TPSA) is 12.0 Å². The average Bonchev–Trinajstić information content (AvgIpc) is 3.23. The van der Waals surface area contributed by atoms with Crippen molar-refractivity contribution in [3.8, 4) is 22.3 Å². The van der Waals surface area contributed by atoms with E-state index >= 15 is 0 Å². The van der Waals surface area contributed by atoms with Crippen molar-refractivity contribution in [2.45, 2.75) is 18.8 Å². The summed E-state index contributed by atoms with van der Waals surface area (Å²) in [5.41, 5.74) is 12.4. The first-order valence-corrected chi connectivity index (χ1v) is 13.2. The summed E-state index contributed by atoms with van der Waals surface area (Å²) in [4.78, 5) is 0. The van der Waals surface area contributed by atoms with E-state index in [1.54, 1.807) is 0 Å². The van der Waals surface area contributed by atoms with Gasteiger partial charge in [-0.1, -0.05) is 122 Å². The van der Waals surface area contributed by atoms with Crippen LogP contribution in [-0.4, -0.2) is 0 Å². The zero-order valence-corrected chi connectivity index (χ0v) is 21.7. The van der Waals surface area contributed by atoms with Crippen LogP contribution in [0.4, 0.5) is 11.4 Å². The molecule has 38 heavy (non-hydrogen) atoms. The van der Waals surface area contributed by atoms with Gasteiger partial charge < -0.3 is 5.32 Å². The number of allylic oxidation sites excluding steroid dienone is 3. The highest BCUT2D eigenvalue weighted by Gasteiger charge is 2.41. The molecule has 1 unspecified atom stereocenters. The van der Waals surface area contributed by atoms with Crippen LogP contribution in [0.5, 0.6) is 0 Å². The molecule has 0 spiro atoms. The van der Waals surface area contributed by atoms with Crippen LogP contribution in [0.25, 0.3) is 22.3 Å². The van der Waals surface area contributed by atoms with E-state index in [2.05, 4.69) is 146 Å². The van der Waals surface area contributed by atoms with Crippen LogP contribution in [-0.2, 0) is 11.8 Å². The smallest absolute Gasteiger partial charge is 0.0439 e. The monoisotopic (exact) mass is 489 g/mol. The third-order valence-electron chi connectivity index (χ3n) is 7.76. The van der Waals surface area contributed by atoms with Gasteiger partial charge in [-0.2, -0.15) is 0 Å². The number of nitrogens with one attached hydrogen (secondary N) is 1. The lowest BCUT2D eigenvalue weighted by Crippen LogP contribution is -2.24. The Morgan fingerprint density at radius 1 is 0.632 bits per heavy atom. The lowest BCUT2D eigenvalue weighted by molar-refractivity contribution is 0.705. The van der Waals surface area contributed by atoms with Gasteiger partial charge in [-0.3, -0.25) is 0 Å². The van der Waals surface area contributed by atoms with Gasteiger partial charge in [-0.05, 0) is 82.1 Å². The molecular weight excluding hydrogens is 458 g/mol. The SMILES string of the molecule is C=C/C=C\Cc1ccccc1C1(C)c2ccccc2-c2ccc(Nc3ccc(-c4ccccc4)cc3)cc21. The molecule has 0 radical (unpaired) electrons. The van der Waals surface area contributed by atoms with Crippen molar-refractivity contribution in [1.29, 1.82) is 0 Å². The summed E-state index contributed by atoms with van der Waals surface area (Å²) >= 11 is 0. The van der Waals surface area contributed by atoms with Crippen LogP contribution in [0.3, 0.4) is 0 Å². The van der Waals surface area contributed by atoms with Crippen molar-refractivity contribution < 1.29 is 0 Å². The molecule has 0 fully saturated rings. The Morgan fingerprint density at radius 3 is 2.05 bits per heavy atom. The minimum atomic E-state index is -0.251. The molecule has 1 atom stereocenters. The lowest BCUT2D eigenvalue weighted by Gasteiger charge is -2.31. The Morgan fingerprint density at radius 2 is 1.26 bits per heavy atom. The first-order valence-electron chi connectivity index (χ1n) is 13.2. The number of hydrogen-bond donors (Lipinski definition) is 1. The molecule has 0 amide bonds. The predicted molar refractivity (Wildman–Crippen MR) is 162 cm³/mol. The van der Waals surface area contributed by atoms with Crippen LogP contribution < -0.4 is 5.32 Å². The lowest BCUT2D eigenvalue weighted by atomic mass is 9.72. The Hall–Kier alpha value is -4.62. The first-order chi connectivity index (χ1) is 18.7. The van der Waals surface area contributed by atoms with E-state index in [4.69, 9.17) is 0 Å². The fraction of sp³-hybridized carbons (Fsp3) is 0.0811. The average molecular weight is 490 g/mol. The van der Waals surface area contributed by atoms with E-state index in [1.807, 2.05) is 12.2 Å². The fourth-order valence-corrected chi connectivity index (χ4v) is 5.88. The molecule has 1 N–H and O–H groups in total. The Labute approximate surface area is 225 Å². The molecule has 1 aliphatic carbocycles. The molecule has 5 aromatic carbocycles. The number of hydrogen-bond acceptors (Lipinski definition) is 1. The zero-order chi connectivity index (χ0) is 26.0. The van der Waals surface area contributed by atoms with Crippen molar-refractivity contribution in [2.75, 3.05) is 5.32 Å². The molecule has 1 nitrogen and oxygen atoms in total. The summed E-state index contributed by atoms with van der Waals surface area (Å²) in [6.07, 6.45) is 6.94. The molecule has 0 aliphatic heterocycles. The van der Waals surface area contributed by atoms with Gasteiger partial charge in [-0.15, -0.1) is 0 Å². The van der Waals surface area contributed by atoms with Gasteiger partial charge in [0.1, 0.15) is 0 Å². The van der Waals surface area contributed by atoms with E-state index in [0.717, 1.165) is 17.8 Å². The van der Waals surface area contributed by atoms with E-state index in [-0.39, 0.29) is 5.41 Å². The van der Waals surface area contributed by atoms with E-state index in [9.17, 15) is 0 Å². The van der Waals surface area contributed by atoms with Crippen LogP contribution >= 0.6 is 0 Å². The van der Waals surface area contributed by atoms with Crippen LogP contribution in [0.2, 0.25) is 0 Å². The molecule has 1 heteroatoms. The second-order valence-corrected chi connectivity index (χ2v) is 10.0. The fourth-order valence-electron chi connectivity index (χ4n) is 5.88. The number of fused-ring (bicyclic) bond motifs is 3. The molecule has 0 saturated heterocycles. The van der Waals surface area contributed by atoms with Gasteiger partial charge in [0.05, 0.1) is 0 Å². The Balaban J connectivity index is 1.40. The molecular formula is C37H31N. The summed E-state index contributed by atoms with van der Waals surface area (Å²) < 4.78 is 0. The highest BCUT2D eigenvalue weighted by Crippen LogP contribution is 2.53. The summed E-state index contributed by atoms with van der Waals surface area (Å²) in [7, 11) is 0. The maximum absolute atomic E-state index is 3.84. The van der Waals surface area contributed by atoms with Crippen molar-refractivity contribution in [1.82, 2.24) is 0 Å². The highest BCUT2D eigenvalue weighted by atomic mass is 14.9. The minimum Gasteiger partial charge on any atom is -0.356 e. The van der Waals surface area contributed by atoms with Crippen molar-refractivity contribution in [2.24, 2.45) is 0 Å². The molecule has 184 valence electrons. The van der Waals surface area contributed by atoms with Gasteiger partial charge in [0, 0.05) is 16.8 Å². The largest absolute Gasteiger partial charge is 0.356 e. The molecule has 0 heterocycles. The normalized spacial score (nSPS) is 15.7. The molecule has 0 saturated carbocycles. The van der Waals surface area contributed by atoms with E-state index in [1.165, 1.54) is 44.5 Å². The van der Waals surface area contributed by atoms with Crippen LogP contribution in [0.1, 0.15) is 29.2 Å². The maximum atomic E-state index is 3.84. The van der Waals surface area contributed by atoms with E-state index < -0.39 is 0 Å². The second kappa shape index (κ2) is 10.0. The predicted octanol–water partition coefficient (Wildman–Crippen LogP) is 9.72. The van der Waals surface area contributed by atoms with Gasteiger partial charge in [-0.25, -0.2) is 0 Å². The van der Waals surface area contributed by atoms with Crippen LogP contribution in [0, 0.1) is 0 Å². The maximum Gasteiger partial charge on any atom is 0.0439 e. The second-order valence-electron chi connectivity index (χ2n) is 10.0. The van der Waals surface area contributed by atoms with Crippen molar-refractivity contribution >= 4 is 11.4 Å². The zero-order valence-electron chi connectivity index (χ0n) is 21.7. The molecule has 5 aromatic rings. The molecule has 0 aromatic heterocycles. The summed E-state index contributed by atoms with van der Waals surface area (Å²) in [6.45, 7) is 6.22.